The molecule has 4 N–H and O–H groups in total. The minimum atomic E-state index is -4.58. The second-order valence-electron chi connectivity index (χ2n) is 8.06. The van der Waals surface area contributed by atoms with Crippen molar-refractivity contribution in [2.24, 2.45) is 5.73 Å². The van der Waals surface area contributed by atoms with Gasteiger partial charge in [0, 0.05) is 18.8 Å². The highest BCUT2D eigenvalue weighted by Gasteiger charge is 2.34. The monoisotopic (exact) mass is 551 g/mol. The average molecular weight is 552 g/mol. The Hall–Kier alpha value is -3.61. The molecule has 194 valence electrons. The molecule has 0 fully saturated rings. The molecule has 13 heteroatoms. The van der Waals surface area contributed by atoms with Gasteiger partial charge in [0.2, 0.25) is 0 Å². The number of urea groups is 1. The van der Waals surface area contributed by atoms with E-state index < -0.39 is 32.8 Å². The lowest BCUT2D eigenvalue weighted by atomic mass is 10.1. The van der Waals surface area contributed by atoms with Gasteiger partial charge in [-0.25, -0.2) is 22.9 Å². The molecule has 0 aliphatic heterocycles. The fourth-order valence-corrected chi connectivity index (χ4v) is 4.81. The number of nitrogens with one attached hydrogen (secondary N) is 2. The van der Waals surface area contributed by atoms with Gasteiger partial charge in [0.05, 0.1) is 26.5 Å². The van der Waals surface area contributed by atoms with E-state index in [1.165, 1.54) is 24.5 Å². The summed E-state index contributed by atoms with van der Waals surface area (Å²) in [6.45, 7) is 0.432. The number of aromatic nitrogens is 2. The molecule has 0 aliphatic rings. The zero-order chi connectivity index (χ0) is 26.8. The third kappa shape index (κ3) is 6.04. The van der Waals surface area contributed by atoms with E-state index in [4.69, 9.17) is 17.3 Å². The first kappa shape index (κ1) is 26.5. The Morgan fingerprint density at radius 3 is 2.30 bits per heavy atom. The van der Waals surface area contributed by atoms with Crippen LogP contribution >= 0.6 is 11.6 Å². The summed E-state index contributed by atoms with van der Waals surface area (Å²) in [6, 6.07) is 14.2. The van der Waals surface area contributed by atoms with Crippen molar-refractivity contribution in [3.63, 3.8) is 0 Å². The third-order valence-corrected chi connectivity index (χ3v) is 7.21. The molecule has 0 saturated heterocycles. The van der Waals surface area contributed by atoms with Crippen molar-refractivity contribution >= 4 is 38.7 Å². The van der Waals surface area contributed by atoms with Gasteiger partial charge >= 0.3 is 12.2 Å². The normalized spacial score (nSPS) is 12.0. The summed E-state index contributed by atoms with van der Waals surface area (Å²) in [6.07, 6.45) is -2.77. The van der Waals surface area contributed by atoms with E-state index in [9.17, 15) is 26.4 Å². The number of sulfonamides is 1. The Labute approximate surface area is 215 Å². The van der Waals surface area contributed by atoms with Gasteiger partial charge < -0.3 is 11.1 Å². The molecule has 1 aromatic heterocycles. The van der Waals surface area contributed by atoms with Crippen molar-refractivity contribution in [2.45, 2.75) is 24.0 Å². The van der Waals surface area contributed by atoms with E-state index in [1.807, 2.05) is 4.72 Å². The number of carbonyl (C=O) groups excluding carboxylic acids is 1. The van der Waals surface area contributed by atoms with Crippen LogP contribution in [0.2, 0.25) is 5.02 Å². The van der Waals surface area contributed by atoms with Crippen LogP contribution in [0.4, 0.5) is 18.0 Å². The predicted octanol–water partition coefficient (Wildman–Crippen LogP) is 4.39. The van der Waals surface area contributed by atoms with Gasteiger partial charge in [-0.1, -0.05) is 35.9 Å². The summed E-state index contributed by atoms with van der Waals surface area (Å²) in [5.41, 5.74) is 7.37. The van der Waals surface area contributed by atoms with E-state index >= 15 is 0 Å². The molecule has 1 heterocycles. The molecule has 0 saturated carbocycles. The molecular formula is C24H21ClF3N5O3S. The third-order valence-electron chi connectivity index (χ3n) is 5.55. The smallest absolute Gasteiger partial charge is 0.337 e. The molecular weight excluding hydrogens is 531 g/mol. The molecule has 3 aromatic carbocycles. The van der Waals surface area contributed by atoms with E-state index in [0.717, 1.165) is 17.2 Å². The van der Waals surface area contributed by atoms with Crippen LogP contribution in [0.5, 0.6) is 0 Å². The first-order valence-corrected chi connectivity index (χ1v) is 12.8. The SMILES string of the molecule is NCc1ccc(S(=O)(=O)NC(=O)NCCc2ccc(-n3cnc4cc(C(F)(F)F)c(Cl)cc43)cc2)cc1. The van der Waals surface area contributed by atoms with Crippen molar-refractivity contribution in [1.29, 1.82) is 0 Å². The van der Waals surface area contributed by atoms with Crippen molar-refractivity contribution in [3.05, 3.63) is 88.7 Å². The number of amides is 2. The summed E-state index contributed by atoms with van der Waals surface area (Å²) < 4.78 is 67.5. The number of nitrogens with two attached hydrogens (primary N) is 1. The molecule has 4 aromatic rings. The first-order valence-electron chi connectivity index (χ1n) is 10.9. The molecule has 0 radical (unpaired) electrons. The standard InChI is InChI=1S/C24H21ClF3N5O3S/c25-20-12-22-21(11-19(20)24(26,27)28)31-14-33(22)17-5-1-15(2-6-17)9-10-30-23(34)32-37(35,36)18-7-3-16(13-29)4-8-18/h1-8,11-12,14H,9-10,13,29H2,(H2,30,32,34). The van der Waals surface area contributed by atoms with E-state index in [-0.39, 0.29) is 23.5 Å². The van der Waals surface area contributed by atoms with Crippen LogP contribution in [0.25, 0.3) is 16.7 Å². The zero-order valence-corrected chi connectivity index (χ0v) is 20.7. The van der Waals surface area contributed by atoms with Gasteiger partial charge in [-0.3, -0.25) is 4.57 Å². The zero-order valence-electron chi connectivity index (χ0n) is 19.1. The van der Waals surface area contributed by atoms with Crippen LogP contribution in [-0.4, -0.2) is 30.5 Å². The summed E-state index contributed by atoms with van der Waals surface area (Å²) in [4.78, 5) is 16.1. The number of halogens is 4. The van der Waals surface area contributed by atoms with E-state index in [2.05, 4.69) is 10.3 Å². The predicted molar refractivity (Wildman–Crippen MR) is 133 cm³/mol. The van der Waals surface area contributed by atoms with Crippen molar-refractivity contribution < 1.29 is 26.4 Å². The van der Waals surface area contributed by atoms with Gasteiger partial charge in [-0.2, -0.15) is 13.2 Å². The lowest BCUT2D eigenvalue weighted by Gasteiger charge is -2.11. The number of hydrogen-bond donors (Lipinski definition) is 3. The fraction of sp³-hybridized carbons (Fsp3) is 0.167. The van der Waals surface area contributed by atoms with Crippen molar-refractivity contribution in [2.75, 3.05) is 6.54 Å². The Morgan fingerprint density at radius 2 is 1.68 bits per heavy atom. The van der Waals surface area contributed by atoms with E-state index in [1.54, 1.807) is 41.0 Å². The minimum Gasteiger partial charge on any atom is -0.337 e. The molecule has 2 amide bonds. The van der Waals surface area contributed by atoms with E-state index in [0.29, 0.717) is 17.6 Å². The number of fused-ring (bicyclic) bond motifs is 1. The molecule has 4 rings (SSSR count). The summed E-state index contributed by atoms with van der Waals surface area (Å²) in [5.74, 6) is 0. The molecule has 0 spiro atoms. The highest BCUT2D eigenvalue weighted by atomic mass is 35.5. The number of hydrogen-bond acceptors (Lipinski definition) is 5. The first-order chi connectivity index (χ1) is 17.5. The summed E-state index contributed by atoms with van der Waals surface area (Å²) in [7, 11) is -4.03. The molecule has 37 heavy (non-hydrogen) atoms. The highest BCUT2D eigenvalue weighted by Crippen LogP contribution is 2.37. The van der Waals surface area contributed by atoms with Gasteiger partial charge in [0.15, 0.2) is 0 Å². The Balaban J connectivity index is 1.36. The van der Waals surface area contributed by atoms with Crippen molar-refractivity contribution in [3.8, 4) is 5.69 Å². The number of alkyl halides is 3. The lowest BCUT2D eigenvalue weighted by molar-refractivity contribution is -0.137. The summed E-state index contributed by atoms with van der Waals surface area (Å²) >= 11 is 5.86. The van der Waals surface area contributed by atoms with Crippen molar-refractivity contribution in [1.82, 2.24) is 19.6 Å². The molecule has 0 bridgehead atoms. The number of imidazole rings is 1. The maximum atomic E-state index is 13.1. The van der Waals surface area contributed by atoms with Crippen LogP contribution in [0, 0.1) is 0 Å². The molecule has 0 atom stereocenters. The van der Waals surface area contributed by atoms with Gasteiger partial charge in [-0.15, -0.1) is 0 Å². The number of rotatable bonds is 7. The van der Waals surface area contributed by atoms with Crippen LogP contribution in [-0.2, 0) is 29.2 Å². The topological polar surface area (TPSA) is 119 Å². The largest absolute Gasteiger partial charge is 0.417 e. The minimum absolute atomic E-state index is 0.0571. The second-order valence-corrected chi connectivity index (χ2v) is 10.1. The van der Waals surface area contributed by atoms with Crippen LogP contribution < -0.4 is 15.8 Å². The maximum absolute atomic E-state index is 13.1. The van der Waals surface area contributed by atoms with Gasteiger partial charge in [0.25, 0.3) is 10.0 Å². The van der Waals surface area contributed by atoms with Crippen LogP contribution in [0.15, 0.2) is 71.9 Å². The molecule has 0 aliphatic carbocycles. The summed E-state index contributed by atoms with van der Waals surface area (Å²) in [5, 5.41) is 2.08. The fourth-order valence-electron chi connectivity index (χ4n) is 3.62. The molecule has 0 unspecified atom stereocenters. The Bertz CT molecular complexity index is 1540. The van der Waals surface area contributed by atoms with Crippen LogP contribution in [0.3, 0.4) is 0 Å². The van der Waals surface area contributed by atoms with Gasteiger partial charge in [-0.05, 0) is 53.9 Å². The Morgan fingerprint density at radius 1 is 1.03 bits per heavy atom. The lowest BCUT2D eigenvalue weighted by Crippen LogP contribution is -2.40. The van der Waals surface area contributed by atoms with Gasteiger partial charge in [0.1, 0.15) is 6.33 Å². The second kappa shape index (κ2) is 10.4. The number of nitrogens with zero attached hydrogens (tertiary/aromatic N) is 2. The maximum Gasteiger partial charge on any atom is 0.417 e. The number of benzene rings is 3. The molecule has 8 nitrogen and oxygen atoms in total. The Kier molecular flexibility index (Phi) is 7.44. The highest BCUT2D eigenvalue weighted by molar-refractivity contribution is 7.90. The average Bonchev–Trinajstić information content (AvgIpc) is 3.26. The number of carbonyl (C=O) groups is 1. The quantitative estimate of drug-likeness (QED) is 0.315. The van der Waals surface area contributed by atoms with Crippen LogP contribution in [0.1, 0.15) is 16.7 Å².